The first-order valence-electron chi connectivity index (χ1n) is 8.70. The van der Waals surface area contributed by atoms with Gasteiger partial charge in [0, 0.05) is 20.0 Å². The second-order valence-electron chi connectivity index (χ2n) is 6.58. The number of anilines is 2. The van der Waals surface area contributed by atoms with Gasteiger partial charge in [-0.1, -0.05) is 6.07 Å². The summed E-state index contributed by atoms with van der Waals surface area (Å²) >= 11 is 0. The van der Waals surface area contributed by atoms with E-state index in [1.54, 1.807) is 28.9 Å². The smallest absolute Gasteiger partial charge is 0.294 e. The van der Waals surface area contributed by atoms with Gasteiger partial charge in [-0.2, -0.15) is 0 Å². The van der Waals surface area contributed by atoms with E-state index in [1.807, 2.05) is 25.1 Å². The molecule has 1 N–H and O–H groups in total. The lowest BCUT2D eigenvalue weighted by Crippen LogP contribution is -2.51. The van der Waals surface area contributed by atoms with Crippen LogP contribution in [0, 0.1) is 0 Å². The number of furan rings is 1. The summed E-state index contributed by atoms with van der Waals surface area (Å²) in [5.74, 6) is 0.00987. The van der Waals surface area contributed by atoms with Gasteiger partial charge < -0.3 is 19.0 Å². The zero-order valence-electron chi connectivity index (χ0n) is 14.8. The number of carbonyl (C=O) groups is 2. The molecule has 1 fully saturated rings. The highest BCUT2D eigenvalue weighted by molar-refractivity contribution is 6.09. The molecule has 0 spiro atoms. The second-order valence-corrected chi connectivity index (χ2v) is 6.58. The Balaban J connectivity index is 1.79. The van der Waals surface area contributed by atoms with Crippen LogP contribution in [-0.4, -0.2) is 37.6 Å². The molecular weight excluding hydrogens is 334 g/mol. The van der Waals surface area contributed by atoms with Gasteiger partial charge in [-0.05, 0) is 36.8 Å². The first-order valence-corrected chi connectivity index (χ1v) is 8.70. The van der Waals surface area contributed by atoms with Gasteiger partial charge in [0.2, 0.25) is 5.91 Å². The molecule has 2 amide bonds. The molecule has 2 atom stereocenters. The Morgan fingerprint density at radius 2 is 2.08 bits per heavy atom. The number of hydrogen-bond acceptors (Lipinski definition) is 5. The summed E-state index contributed by atoms with van der Waals surface area (Å²) in [4.78, 5) is 28.6. The molecular formula is C19H21N3O4. The highest BCUT2D eigenvalue weighted by Gasteiger charge is 2.35. The molecule has 2 aliphatic heterocycles. The number of nitrogens with one attached hydrogen (secondary N) is 1. The summed E-state index contributed by atoms with van der Waals surface area (Å²) in [6.45, 7) is 5.30. The van der Waals surface area contributed by atoms with Gasteiger partial charge >= 0.3 is 0 Å². The van der Waals surface area contributed by atoms with E-state index in [1.165, 1.54) is 6.26 Å². The molecule has 136 valence electrons. The van der Waals surface area contributed by atoms with Crippen LogP contribution in [0.5, 0.6) is 0 Å². The fourth-order valence-corrected chi connectivity index (χ4v) is 3.65. The topological polar surface area (TPSA) is 75.0 Å². The van der Waals surface area contributed by atoms with Gasteiger partial charge in [0.1, 0.15) is 6.23 Å². The third-order valence-corrected chi connectivity index (χ3v) is 4.77. The number of hydrogen-bond donors (Lipinski definition) is 1. The maximum Gasteiger partial charge on any atom is 0.294 e. The molecule has 0 radical (unpaired) electrons. The molecule has 4 rings (SSSR count). The molecule has 1 aromatic heterocycles. The van der Waals surface area contributed by atoms with Crippen LogP contribution in [0.1, 0.15) is 36.2 Å². The maximum absolute atomic E-state index is 13.0. The average Bonchev–Trinajstić information content (AvgIpc) is 3.33. The van der Waals surface area contributed by atoms with E-state index in [0.717, 1.165) is 17.8 Å². The van der Waals surface area contributed by atoms with Crippen molar-refractivity contribution in [3.63, 3.8) is 0 Å². The number of rotatable bonds is 2. The predicted molar refractivity (Wildman–Crippen MR) is 96.1 cm³/mol. The summed E-state index contributed by atoms with van der Waals surface area (Å²) in [6.07, 6.45) is 1.28. The number of benzene rings is 1. The van der Waals surface area contributed by atoms with Crippen LogP contribution < -0.4 is 15.1 Å². The molecule has 0 saturated carbocycles. The van der Waals surface area contributed by atoms with Gasteiger partial charge in [-0.3, -0.25) is 14.9 Å². The van der Waals surface area contributed by atoms with Gasteiger partial charge in [-0.25, -0.2) is 0 Å². The lowest BCUT2D eigenvalue weighted by Gasteiger charge is -2.40. The number of ether oxygens (including phenoxy) is 1. The predicted octanol–water partition coefficient (Wildman–Crippen LogP) is 2.30. The molecule has 7 nitrogen and oxygen atoms in total. The first kappa shape index (κ1) is 16.8. The molecule has 1 aromatic carbocycles. The molecule has 26 heavy (non-hydrogen) atoms. The largest absolute Gasteiger partial charge is 0.459 e. The standard InChI is InChI=1S/C19H21N3O4/c1-12-11-21(19(24)17-4-3-8-25-17)16-10-14(18-20-7-9-26-18)5-6-15(16)22(12)13(2)23/h3-6,8,10,12,18,20H,7,9,11H2,1-2H3/t12-,18?/m0/s1. The van der Waals surface area contributed by atoms with Crippen molar-refractivity contribution in [1.82, 2.24) is 5.32 Å². The number of fused-ring (bicyclic) bond motifs is 1. The van der Waals surface area contributed by atoms with E-state index in [9.17, 15) is 9.59 Å². The van der Waals surface area contributed by atoms with E-state index in [-0.39, 0.29) is 29.8 Å². The van der Waals surface area contributed by atoms with E-state index in [2.05, 4.69) is 5.32 Å². The van der Waals surface area contributed by atoms with Crippen LogP contribution in [0.15, 0.2) is 41.0 Å². The Hall–Kier alpha value is -2.64. The van der Waals surface area contributed by atoms with Crippen molar-refractivity contribution in [3.8, 4) is 0 Å². The summed E-state index contributed by atoms with van der Waals surface area (Å²) in [5.41, 5.74) is 2.34. The Bertz CT molecular complexity index is 827. The van der Waals surface area contributed by atoms with E-state index in [4.69, 9.17) is 9.15 Å². The minimum atomic E-state index is -0.219. The SMILES string of the molecule is CC(=O)N1c2ccc(C3NCCO3)cc2N(C(=O)c2ccco2)C[C@@H]1C. The third-order valence-electron chi connectivity index (χ3n) is 4.77. The van der Waals surface area contributed by atoms with Crippen molar-refractivity contribution in [2.24, 2.45) is 0 Å². The first-order chi connectivity index (χ1) is 12.6. The van der Waals surface area contributed by atoms with Crippen LogP contribution >= 0.6 is 0 Å². The lowest BCUT2D eigenvalue weighted by atomic mass is 10.0. The van der Waals surface area contributed by atoms with E-state index >= 15 is 0 Å². The normalized spacial score (nSPS) is 22.4. The van der Waals surface area contributed by atoms with Crippen LogP contribution in [0.2, 0.25) is 0 Å². The van der Waals surface area contributed by atoms with Gasteiger partial charge in [-0.15, -0.1) is 0 Å². The Morgan fingerprint density at radius 1 is 1.23 bits per heavy atom. The van der Waals surface area contributed by atoms with Crippen molar-refractivity contribution in [2.45, 2.75) is 26.1 Å². The highest BCUT2D eigenvalue weighted by atomic mass is 16.5. The van der Waals surface area contributed by atoms with Crippen LogP contribution in [0.25, 0.3) is 0 Å². The summed E-state index contributed by atoms with van der Waals surface area (Å²) in [7, 11) is 0. The fourth-order valence-electron chi connectivity index (χ4n) is 3.65. The molecule has 1 saturated heterocycles. The molecule has 3 heterocycles. The van der Waals surface area contributed by atoms with Crippen LogP contribution in [0.4, 0.5) is 11.4 Å². The monoisotopic (exact) mass is 355 g/mol. The highest BCUT2D eigenvalue weighted by Crippen LogP contribution is 2.38. The quantitative estimate of drug-likeness (QED) is 0.895. The van der Waals surface area contributed by atoms with Crippen molar-refractivity contribution in [3.05, 3.63) is 47.9 Å². The Labute approximate surface area is 151 Å². The Kier molecular flexibility index (Phi) is 4.26. The minimum Gasteiger partial charge on any atom is -0.459 e. The van der Waals surface area contributed by atoms with Crippen LogP contribution in [-0.2, 0) is 9.53 Å². The maximum atomic E-state index is 13.0. The summed E-state index contributed by atoms with van der Waals surface area (Å²) in [5, 5.41) is 3.27. The van der Waals surface area contributed by atoms with Crippen molar-refractivity contribution in [2.75, 3.05) is 29.5 Å². The number of amides is 2. The molecule has 2 aliphatic rings. The van der Waals surface area contributed by atoms with E-state index < -0.39 is 0 Å². The third kappa shape index (κ3) is 2.79. The fraction of sp³-hybridized carbons (Fsp3) is 0.368. The van der Waals surface area contributed by atoms with E-state index in [0.29, 0.717) is 18.8 Å². The zero-order chi connectivity index (χ0) is 18.3. The lowest BCUT2D eigenvalue weighted by molar-refractivity contribution is -0.117. The van der Waals surface area contributed by atoms with Crippen LogP contribution in [0.3, 0.4) is 0 Å². The minimum absolute atomic E-state index is 0.0492. The number of carbonyl (C=O) groups excluding carboxylic acids is 2. The molecule has 2 aromatic rings. The van der Waals surface area contributed by atoms with Gasteiger partial charge in [0.15, 0.2) is 5.76 Å². The van der Waals surface area contributed by atoms with Gasteiger partial charge in [0.05, 0.1) is 30.3 Å². The molecule has 0 bridgehead atoms. The summed E-state index contributed by atoms with van der Waals surface area (Å²) in [6, 6.07) is 8.94. The molecule has 0 aliphatic carbocycles. The Morgan fingerprint density at radius 3 is 2.73 bits per heavy atom. The second kappa shape index (κ2) is 6.59. The zero-order valence-corrected chi connectivity index (χ0v) is 14.8. The van der Waals surface area contributed by atoms with Crippen molar-refractivity contribution in [1.29, 1.82) is 0 Å². The average molecular weight is 355 g/mol. The van der Waals surface area contributed by atoms with Crippen molar-refractivity contribution >= 4 is 23.2 Å². The summed E-state index contributed by atoms with van der Waals surface area (Å²) < 4.78 is 11.0. The molecule has 1 unspecified atom stereocenters. The van der Waals surface area contributed by atoms with Crippen molar-refractivity contribution < 1.29 is 18.7 Å². The van der Waals surface area contributed by atoms with Gasteiger partial charge in [0.25, 0.3) is 5.91 Å². The molecule has 7 heteroatoms. The number of nitrogens with zero attached hydrogens (tertiary/aromatic N) is 2.